The minimum absolute atomic E-state index is 0.0332. The highest BCUT2D eigenvalue weighted by Gasteiger charge is 2.32. The van der Waals surface area contributed by atoms with Gasteiger partial charge in [0.1, 0.15) is 0 Å². The molecule has 0 radical (unpaired) electrons. The minimum atomic E-state index is 0.0332. The molecule has 2 aliphatic rings. The maximum atomic E-state index is 13.3. The number of hydrogen-bond acceptors (Lipinski definition) is 3. The van der Waals surface area contributed by atoms with Crippen LogP contribution in [0.1, 0.15) is 75.0 Å². The lowest BCUT2D eigenvalue weighted by Gasteiger charge is -2.29. The number of nitrogens with zero attached hydrogens (tertiary/aromatic N) is 1. The lowest BCUT2D eigenvalue weighted by molar-refractivity contribution is -0.124. The van der Waals surface area contributed by atoms with Crippen LogP contribution in [-0.2, 0) is 4.79 Å². The van der Waals surface area contributed by atoms with Crippen molar-refractivity contribution in [1.82, 2.24) is 10.2 Å². The zero-order valence-electron chi connectivity index (χ0n) is 17.7. The third kappa shape index (κ3) is 5.61. The Morgan fingerprint density at radius 1 is 1.03 bits per heavy atom. The van der Waals surface area contributed by atoms with Crippen LogP contribution in [0.3, 0.4) is 0 Å². The normalized spacial score (nSPS) is 20.4. The predicted octanol–water partition coefficient (Wildman–Crippen LogP) is 5.95. The average molecular weight is 413 g/mol. The van der Waals surface area contributed by atoms with Crippen LogP contribution < -0.4 is 5.32 Å². The number of carbonyl (C=O) groups is 1. The molecule has 0 spiro atoms. The summed E-state index contributed by atoms with van der Waals surface area (Å²) in [4.78, 5) is 17.2. The highest BCUT2D eigenvalue weighted by atomic mass is 32.1. The Morgan fingerprint density at radius 2 is 1.76 bits per heavy atom. The van der Waals surface area contributed by atoms with Gasteiger partial charge in [-0.2, -0.15) is 0 Å². The summed E-state index contributed by atoms with van der Waals surface area (Å²) in [5.74, 6) is 0.799. The van der Waals surface area contributed by atoms with Gasteiger partial charge in [0.25, 0.3) is 0 Å². The number of amides is 1. The molecule has 1 aromatic heterocycles. The molecule has 1 atom stereocenters. The number of benzene rings is 1. The van der Waals surface area contributed by atoms with E-state index in [2.05, 4.69) is 40.5 Å². The van der Waals surface area contributed by atoms with Crippen molar-refractivity contribution in [2.45, 2.75) is 70.1 Å². The summed E-state index contributed by atoms with van der Waals surface area (Å²) >= 11 is 1.82. The second-order valence-electron chi connectivity index (χ2n) is 8.96. The fourth-order valence-electron chi connectivity index (χ4n) is 5.18. The molecule has 2 aromatic rings. The van der Waals surface area contributed by atoms with Crippen molar-refractivity contribution in [3.05, 3.63) is 35.2 Å². The predicted molar refractivity (Wildman–Crippen MR) is 124 cm³/mol. The molecule has 4 rings (SSSR count). The van der Waals surface area contributed by atoms with Crippen LogP contribution in [0.15, 0.2) is 30.3 Å². The van der Waals surface area contributed by atoms with E-state index in [0.29, 0.717) is 5.92 Å². The van der Waals surface area contributed by atoms with Gasteiger partial charge >= 0.3 is 0 Å². The molecule has 1 unspecified atom stereocenters. The zero-order chi connectivity index (χ0) is 19.9. The second kappa shape index (κ2) is 10.6. The summed E-state index contributed by atoms with van der Waals surface area (Å²) in [6.45, 7) is 4.40. The quantitative estimate of drug-likeness (QED) is 0.570. The molecule has 29 heavy (non-hydrogen) atoms. The summed E-state index contributed by atoms with van der Waals surface area (Å²) in [5, 5.41) is 4.60. The first-order chi connectivity index (χ1) is 14.3. The Hall–Kier alpha value is -1.39. The van der Waals surface area contributed by atoms with Gasteiger partial charge in [0.2, 0.25) is 5.91 Å². The molecule has 1 saturated carbocycles. The molecule has 0 bridgehead atoms. The minimum Gasteiger partial charge on any atom is -0.355 e. The molecule has 3 nitrogen and oxygen atoms in total. The van der Waals surface area contributed by atoms with Crippen molar-refractivity contribution >= 4 is 27.3 Å². The van der Waals surface area contributed by atoms with Gasteiger partial charge in [-0.25, -0.2) is 0 Å². The molecule has 1 saturated heterocycles. The Balaban J connectivity index is 1.38. The largest absolute Gasteiger partial charge is 0.355 e. The van der Waals surface area contributed by atoms with Gasteiger partial charge < -0.3 is 10.2 Å². The van der Waals surface area contributed by atoms with E-state index in [-0.39, 0.29) is 11.8 Å². The van der Waals surface area contributed by atoms with Gasteiger partial charge in [-0.15, -0.1) is 11.3 Å². The van der Waals surface area contributed by atoms with Gasteiger partial charge in [0.05, 0.1) is 5.92 Å². The van der Waals surface area contributed by atoms with Gasteiger partial charge in [-0.1, -0.05) is 50.3 Å². The first-order valence-electron chi connectivity index (χ1n) is 11.8. The van der Waals surface area contributed by atoms with Gasteiger partial charge in [0.15, 0.2) is 0 Å². The summed E-state index contributed by atoms with van der Waals surface area (Å²) in [5.41, 5.74) is 0. The average Bonchev–Trinajstić information content (AvgIpc) is 2.99. The maximum Gasteiger partial charge on any atom is 0.228 e. The van der Waals surface area contributed by atoms with Gasteiger partial charge in [-0.3, -0.25) is 4.79 Å². The molecular weight excluding hydrogens is 376 g/mol. The molecule has 1 aliphatic carbocycles. The first-order valence-corrected chi connectivity index (χ1v) is 12.6. The molecule has 4 heteroatoms. The van der Waals surface area contributed by atoms with Crippen molar-refractivity contribution in [3.8, 4) is 0 Å². The number of carbonyl (C=O) groups excluding carboxylic acids is 1. The number of thiophene rings is 1. The van der Waals surface area contributed by atoms with Gasteiger partial charge in [0, 0.05) is 16.1 Å². The fraction of sp³-hybridized carbons (Fsp3) is 0.640. The van der Waals surface area contributed by atoms with Crippen LogP contribution in [0, 0.1) is 5.92 Å². The van der Waals surface area contributed by atoms with E-state index in [1.165, 1.54) is 85.8 Å². The first kappa shape index (κ1) is 20.9. The van der Waals surface area contributed by atoms with Crippen LogP contribution in [0.2, 0.25) is 0 Å². The lowest BCUT2D eigenvalue weighted by Crippen LogP contribution is -2.36. The third-order valence-electron chi connectivity index (χ3n) is 6.80. The fourth-order valence-corrected chi connectivity index (χ4v) is 6.44. The molecule has 2 fully saturated rings. The highest BCUT2D eigenvalue weighted by Crippen LogP contribution is 2.40. The molecule has 1 N–H and O–H groups in total. The lowest BCUT2D eigenvalue weighted by atomic mass is 9.78. The molecule has 1 aliphatic heterocycles. The summed E-state index contributed by atoms with van der Waals surface area (Å²) in [6.07, 6.45) is 12.8. The second-order valence-corrected chi connectivity index (χ2v) is 10.1. The highest BCUT2D eigenvalue weighted by molar-refractivity contribution is 7.19. The standard InChI is InChI=1S/C25H36N2OS/c28-25(26-15-10-18-27-16-8-1-2-9-17-27)24(20-11-4-3-5-12-20)23-19-21-13-6-7-14-22(21)29-23/h6-7,13-14,19-20,24H,1-5,8-12,15-18H2,(H,26,28). The zero-order valence-corrected chi connectivity index (χ0v) is 18.5. The van der Waals surface area contributed by atoms with E-state index in [1.54, 1.807) is 0 Å². The van der Waals surface area contributed by atoms with Crippen LogP contribution in [0.25, 0.3) is 10.1 Å². The van der Waals surface area contributed by atoms with E-state index >= 15 is 0 Å². The van der Waals surface area contributed by atoms with Crippen LogP contribution in [0.4, 0.5) is 0 Å². The molecule has 1 aromatic carbocycles. The Labute approximate surface area is 179 Å². The van der Waals surface area contributed by atoms with E-state index in [0.717, 1.165) is 19.5 Å². The van der Waals surface area contributed by atoms with Crippen LogP contribution in [0.5, 0.6) is 0 Å². The van der Waals surface area contributed by atoms with Gasteiger partial charge in [-0.05, 0) is 75.2 Å². The van der Waals surface area contributed by atoms with E-state index < -0.39 is 0 Å². The smallest absolute Gasteiger partial charge is 0.228 e. The number of nitrogens with one attached hydrogen (secondary N) is 1. The summed E-state index contributed by atoms with van der Waals surface area (Å²) in [6, 6.07) is 10.8. The van der Waals surface area contributed by atoms with Crippen molar-refractivity contribution in [2.75, 3.05) is 26.2 Å². The van der Waals surface area contributed by atoms with Crippen molar-refractivity contribution in [1.29, 1.82) is 0 Å². The molecule has 2 heterocycles. The molecular formula is C25H36N2OS. The van der Waals surface area contributed by atoms with Crippen LogP contribution in [-0.4, -0.2) is 37.0 Å². The third-order valence-corrected chi connectivity index (χ3v) is 8.00. The monoisotopic (exact) mass is 412 g/mol. The summed E-state index contributed by atoms with van der Waals surface area (Å²) < 4.78 is 1.30. The van der Waals surface area contributed by atoms with Crippen molar-refractivity contribution in [3.63, 3.8) is 0 Å². The number of fused-ring (bicyclic) bond motifs is 1. The number of hydrogen-bond donors (Lipinski definition) is 1. The van der Waals surface area contributed by atoms with Crippen LogP contribution >= 0.6 is 11.3 Å². The maximum absolute atomic E-state index is 13.3. The van der Waals surface area contributed by atoms with Crippen molar-refractivity contribution in [2.24, 2.45) is 5.92 Å². The number of likely N-dealkylation sites (tertiary alicyclic amines) is 1. The Bertz CT molecular complexity index is 739. The van der Waals surface area contributed by atoms with E-state index in [9.17, 15) is 4.79 Å². The van der Waals surface area contributed by atoms with E-state index in [4.69, 9.17) is 0 Å². The molecule has 158 valence electrons. The summed E-state index contributed by atoms with van der Waals surface area (Å²) in [7, 11) is 0. The van der Waals surface area contributed by atoms with Crippen molar-refractivity contribution < 1.29 is 4.79 Å². The SMILES string of the molecule is O=C(NCCCN1CCCCCC1)C(c1cc2ccccc2s1)C1CCCCC1. The Kier molecular flexibility index (Phi) is 7.61. The molecule has 1 amide bonds. The number of rotatable bonds is 7. The Morgan fingerprint density at radius 3 is 2.52 bits per heavy atom. The topological polar surface area (TPSA) is 32.3 Å². The van der Waals surface area contributed by atoms with E-state index in [1.807, 2.05) is 11.3 Å².